The molecule has 1 aliphatic carbocycles. The van der Waals surface area contributed by atoms with Crippen molar-refractivity contribution in [2.45, 2.75) is 78.1 Å². The van der Waals surface area contributed by atoms with E-state index in [-0.39, 0.29) is 0 Å². The summed E-state index contributed by atoms with van der Waals surface area (Å²) >= 11 is 0. The molecule has 0 N–H and O–H groups in total. The Kier molecular flexibility index (Phi) is 4.90. The van der Waals surface area contributed by atoms with Gasteiger partial charge >= 0.3 is 0 Å². The van der Waals surface area contributed by atoms with E-state index in [1.807, 2.05) is 0 Å². The molecule has 3 rings (SSSR count). The topological polar surface area (TPSA) is 14.1 Å². The van der Waals surface area contributed by atoms with Crippen molar-refractivity contribution in [1.29, 1.82) is 0 Å². The Morgan fingerprint density at radius 1 is 0.955 bits per heavy atom. The van der Waals surface area contributed by atoms with Crippen LogP contribution in [0.25, 0.3) is 5.57 Å². The zero-order valence-corrected chi connectivity index (χ0v) is 14.3. The number of nitrogens with zero attached hydrogens (tertiary/aromatic N) is 1. The van der Waals surface area contributed by atoms with E-state index in [4.69, 9.17) is 5.32 Å². The van der Waals surface area contributed by atoms with Crippen LogP contribution in [0.3, 0.4) is 0 Å². The average molecular weight is 296 g/mol. The number of benzene rings is 1. The van der Waals surface area contributed by atoms with Gasteiger partial charge in [-0.2, -0.15) is 0 Å². The predicted molar refractivity (Wildman–Crippen MR) is 95.1 cm³/mol. The van der Waals surface area contributed by atoms with Crippen LogP contribution in [0.15, 0.2) is 30.0 Å². The fraction of sp³-hybridized carbons (Fsp3) is 0.619. The smallest absolute Gasteiger partial charge is 0.0709 e. The zero-order chi connectivity index (χ0) is 15.4. The molecule has 1 nitrogen and oxygen atoms in total. The molecule has 0 bridgehead atoms. The number of unbranched alkanes of at least 4 members (excludes halogenated alkanes) is 4. The SMILES string of the molecule is CCCCCC1(CCCCC)CCC2=C1c1ccccc1[N]2. The molecule has 119 valence electrons. The Labute approximate surface area is 136 Å². The summed E-state index contributed by atoms with van der Waals surface area (Å²) in [4.78, 5) is 0. The van der Waals surface area contributed by atoms with Gasteiger partial charge in [-0.25, -0.2) is 0 Å². The molecule has 0 saturated heterocycles. The van der Waals surface area contributed by atoms with Gasteiger partial charge < -0.3 is 0 Å². The first-order valence-corrected chi connectivity index (χ1v) is 9.35. The molecule has 0 saturated carbocycles. The molecule has 0 atom stereocenters. The van der Waals surface area contributed by atoms with Crippen molar-refractivity contribution in [3.05, 3.63) is 35.5 Å². The fourth-order valence-corrected chi connectivity index (χ4v) is 4.45. The van der Waals surface area contributed by atoms with Crippen molar-refractivity contribution in [3.8, 4) is 0 Å². The number of allylic oxidation sites excluding steroid dienone is 2. The number of fused-ring (bicyclic) bond motifs is 2. The van der Waals surface area contributed by atoms with Gasteiger partial charge in [0.05, 0.1) is 5.69 Å². The van der Waals surface area contributed by atoms with Crippen LogP contribution in [0.2, 0.25) is 0 Å². The van der Waals surface area contributed by atoms with Crippen LogP contribution in [0.5, 0.6) is 0 Å². The molecule has 1 aromatic rings. The average Bonchev–Trinajstić information content (AvgIpc) is 3.07. The standard InChI is InChI=1S/C21H30N/c1-3-5-9-14-21(15-10-6-4-2)16-13-19-20(21)17-11-7-8-12-18(17)22-19/h7-8,11-12H,3-6,9-10,13-16H2,1-2H3. The number of para-hydroxylation sites is 1. The van der Waals surface area contributed by atoms with Crippen molar-refractivity contribution in [1.82, 2.24) is 5.32 Å². The molecule has 1 heteroatoms. The van der Waals surface area contributed by atoms with E-state index in [0.29, 0.717) is 5.41 Å². The highest BCUT2D eigenvalue weighted by Crippen LogP contribution is 2.58. The molecule has 22 heavy (non-hydrogen) atoms. The summed E-state index contributed by atoms with van der Waals surface area (Å²) in [5, 5.41) is 4.94. The van der Waals surface area contributed by atoms with Crippen LogP contribution in [0.4, 0.5) is 5.69 Å². The normalized spacial score (nSPS) is 18.3. The summed E-state index contributed by atoms with van der Waals surface area (Å²) in [6, 6.07) is 8.81. The van der Waals surface area contributed by atoms with Crippen LogP contribution in [0, 0.1) is 5.41 Å². The van der Waals surface area contributed by atoms with E-state index in [2.05, 4.69) is 38.1 Å². The highest BCUT2D eigenvalue weighted by molar-refractivity contribution is 5.86. The van der Waals surface area contributed by atoms with Crippen LogP contribution >= 0.6 is 0 Å². The van der Waals surface area contributed by atoms with Crippen molar-refractivity contribution in [3.63, 3.8) is 0 Å². The third-order valence-corrected chi connectivity index (χ3v) is 5.61. The van der Waals surface area contributed by atoms with Crippen LogP contribution in [-0.4, -0.2) is 0 Å². The first-order chi connectivity index (χ1) is 10.8. The highest BCUT2D eigenvalue weighted by atomic mass is 14.9. The van der Waals surface area contributed by atoms with Crippen LogP contribution in [0.1, 0.15) is 83.6 Å². The lowest BCUT2D eigenvalue weighted by atomic mass is 9.71. The molecule has 0 aromatic heterocycles. The van der Waals surface area contributed by atoms with E-state index >= 15 is 0 Å². The molecule has 1 heterocycles. The van der Waals surface area contributed by atoms with Crippen LogP contribution in [-0.2, 0) is 0 Å². The lowest BCUT2D eigenvalue weighted by Crippen LogP contribution is -2.19. The van der Waals surface area contributed by atoms with E-state index < -0.39 is 0 Å². The minimum absolute atomic E-state index is 0.426. The van der Waals surface area contributed by atoms with Gasteiger partial charge in [-0.1, -0.05) is 70.6 Å². The van der Waals surface area contributed by atoms with Gasteiger partial charge in [0.2, 0.25) is 0 Å². The molecule has 2 aliphatic rings. The molecule has 0 spiro atoms. The summed E-state index contributed by atoms with van der Waals surface area (Å²) in [6.45, 7) is 4.62. The monoisotopic (exact) mass is 296 g/mol. The van der Waals surface area contributed by atoms with E-state index in [1.165, 1.54) is 81.2 Å². The largest absolute Gasteiger partial charge is 0.252 e. The molecule has 1 radical (unpaired) electrons. The Balaban J connectivity index is 1.85. The second-order valence-corrected chi connectivity index (χ2v) is 7.15. The Morgan fingerprint density at radius 2 is 1.64 bits per heavy atom. The summed E-state index contributed by atoms with van der Waals surface area (Å²) in [7, 11) is 0. The maximum atomic E-state index is 4.94. The van der Waals surface area contributed by atoms with Gasteiger partial charge in [0, 0.05) is 11.3 Å². The van der Waals surface area contributed by atoms with Crippen molar-refractivity contribution < 1.29 is 0 Å². The Hall–Kier alpha value is -1.24. The Bertz CT molecular complexity index is 531. The molecule has 1 aromatic carbocycles. The molecule has 0 fully saturated rings. The summed E-state index contributed by atoms with van der Waals surface area (Å²) in [6.07, 6.45) is 13.4. The third kappa shape index (κ3) is 2.83. The summed E-state index contributed by atoms with van der Waals surface area (Å²) in [5.41, 5.74) is 6.14. The predicted octanol–water partition coefficient (Wildman–Crippen LogP) is 6.59. The number of hydrogen-bond acceptors (Lipinski definition) is 0. The summed E-state index contributed by atoms with van der Waals surface area (Å²) in [5.74, 6) is 0. The lowest BCUT2D eigenvalue weighted by Gasteiger charge is -2.33. The second kappa shape index (κ2) is 6.89. The minimum atomic E-state index is 0.426. The maximum Gasteiger partial charge on any atom is 0.0709 e. The van der Waals surface area contributed by atoms with Gasteiger partial charge in [0.1, 0.15) is 0 Å². The quantitative estimate of drug-likeness (QED) is 0.480. The third-order valence-electron chi connectivity index (χ3n) is 5.61. The zero-order valence-electron chi connectivity index (χ0n) is 14.3. The second-order valence-electron chi connectivity index (χ2n) is 7.15. The van der Waals surface area contributed by atoms with Gasteiger partial charge in [0.15, 0.2) is 0 Å². The van der Waals surface area contributed by atoms with Crippen LogP contribution < -0.4 is 5.32 Å². The van der Waals surface area contributed by atoms with E-state index in [9.17, 15) is 0 Å². The van der Waals surface area contributed by atoms with Gasteiger partial charge in [-0.3, -0.25) is 5.32 Å². The fourth-order valence-electron chi connectivity index (χ4n) is 4.45. The highest BCUT2D eigenvalue weighted by Gasteiger charge is 2.44. The van der Waals surface area contributed by atoms with Gasteiger partial charge in [-0.15, -0.1) is 0 Å². The first kappa shape index (κ1) is 15.6. The molecule has 0 unspecified atom stereocenters. The lowest BCUT2D eigenvalue weighted by molar-refractivity contribution is 0.306. The van der Waals surface area contributed by atoms with Crippen molar-refractivity contribution in [2.24, 2.45) is 5.41 Å². The van der Waals surface area contributed by atoms with Gasteiger partial charge in [-0.05, 0) is 42.7 Å². The maximum absolute atomic E-state index is 4.94. The Morgan fingerprint density at radius 3 is 2.32 bits per heavy atom. The molecular weight excluding hydrogens is 266 g/mol. The van der Waals surface area contributed by atoms with E-state index in [1.54, 1.807) is 5.57 Å². The molecular formula is C21H30N. The summed E-state index contributed by atoms with van der Waals surface area (Å²) < 4.78 is 0. The number of hydrogen-bond donors (Lipinski definition) is 0. The minimum Gasteiger partial charge on any atom is -0.252 e. The number of rotatable bonds is 8. The van der Waals surface area contributed by atoms with E-state index in [0.717, 1.165) is 0 Å². The molecule has 0 amide bonds. The molecule has 1 aliphatic heterocycles. The van der Waals surface area contributed by atoms with Crippen molar-refractivity contribution >= 4 is 11.3 Å². The first-order valence-electron chi connectivity index (χ1n) is 9.35. The van der Waals surface area contributed by atoms with Gasteiger partial charge in [0.25, 0.3) is 0 Å². The van der Waals surface area contributed by atoms with Crippen molar-refractivity contribution in [2.75, 3.05) is 0 Å².